The standard InChI is InChI=1S/C76H136O6/c1-4-7-10-13-16-19-22-25-28-30-31-32-33-34-35-36-37-38-39-40-41-42-43-44-46-48-51-54-57-60-63-66-69-75(78)81-72-73(71-80-74(77)68-65-62-59-56-53-50-47-27-24-21-18-15-12-9-6-3)82-76(79)70-67-64-61-58-55-52-49-45-29-26-23-20-17-14-11-8-5-2/h9,12,17-18,20-21,26-27,29,47,53,56,73H,4-8,10-11,13-16,19,22-25,28,30-46,48-52,54-55,57-72H2,1-3H3/b12-9-,20-17-,21-18-,29-26-,47-27-,56-53-. The van der Waals surface area contributed by atoms with Gasteiger partial charge >= 0.3 is 17.9 Å². The summed E-state index contributed by atoms with van der Waals surface area (Å²) in [6, 6.07) is 0. The summed E-state index contributed by atoms with van der Waals surface area (Å²) in [7, 11) is 0. The van der Waals surface area contributed by atoms with Gasteiger partial charge in [0.15, 0.2) is 6.10 Å². The molecule has 0 spiro atoms. The third-order valence-electron chi connectivity index (χ3n) is 15.9. The number of esters is 3. The van der Waals surface area contributed by atoms with Crippen molar-refractivity contribution in [3.05, 3.63) is 72.9 Å². The van der Waals surface area contributed by atoms with Gasteiger partial charge in [0, 0.05) is 19.3 Å². The predicted molar refractivity (Wildman–Crippen MR) is 358 cm³/mol. The highest BCUT2D eigenvalue weighted by atomic mass is 16.6. The van der Waals surface area contributed by atoms with Gasteiger partial charge in [-0.25, -0.2) is 0 Å². The van der Waals surface area contributed by atoms with Gasteiger partial charge in [-0.2, -0.15) is 0 Å². The zero-order chi connectivity index (χ0) is 59.2. The van der Waals surface area contributed by atoms with Crippen LogP contribution in [-0.2, 0) is 28.6 Å². The lowest BCUT2D eigenvalue weighted by atomic mass is 10.0. The maximum atomic E-state index is 12.9. The quantitative estimate of drug-likeness (QED) is 0.0261. The summed E-state index contributed by atoms with van der Waals surface area (Å²) in [6.45, 7) is 6.51. The first-order valence-corrected chi connectivity index (χ1v) is 35.9. The van der Waals surface area contributed by atoms with Crippen LogP contribution < -0.4 is 0 Å². The summed E-state index contributed by atoms with van der Waals surface area (Å²) in [5.74, 6) is -0.922. The summed E-state index contributed by atoms with van der Waals surface area (Å²) >= 11 is 0. The Hall–Kier alpha value is -3.15. The van der Waals surface area contributed by atoms with Crippen molar-refractivity contribution in [3.8, 4) is 0 Å². The second-order valence-corrected chi connectivity index (χ2v) is 24.1. The van der Waals surface area contributed by atoms with E-state index in [9.17, 15) is 14.4 Å². The number of carbonyl (C=O) groups is 3. The third kappa shape index (κ3) is 67.6. The molecule has 476 valence electrons. The van der Waals surface area contributed by atoms with Gasteiger partial charge in [-0.1, -0.05) is 338 Å². The van der Waals surface area contributed by atoms with Crippen LogP contribution in [0.3, 0.4) is 0 Å². The van der Waals surface area contributed by atoms with Crippen LogP contribution in [-0.4, -0.2) is 37.2 Å². The number of allylic oxidation sites excluding steroid dienone is 12. The van der Waals surface area contributed by atoms with Crippen LogP contribution in [0.25, 0.3) is 0 Å². The molecule has 0 aromatic heterocycles. The van der Waals surface area contributed by atoms with E-state index in [1.807, 2.05) is 0 Å². The van der Waals surface area contributed by atoms with Crippen molar-refractivity contribution in [1.82, 2.24) is 0 Å². The first-order chi connectivity index (χ1) is 40.5. The van der Waals surface area contributed by atoms with Crippen molar-refractivity contribution in [1.29, 1.82) is 0 Å². The van der Waals surface area contributed by atoms with E-state index in [4.69, 9.17) is 14.2 Å². The van der Waals surface area contributed by atoms with E-state index in [1.54, 1.807) is 0 Å². The molecular weight excluding hydrogens is 1010 g/mol. The lowest BCUT2D eigenvalue weighted by Gasteiger charge is -2.18. The predicted octanol–water partition coefficient (Wildman–Crippen LogP) is 24.8. The van der Waals surface area contributed by atoms with Crippen LogP contribution in [0.1, 0.15) is 374 Å². The maximum Gasteiger partial charge on any atom is 0.306 e. The first-order valence-electron chi connectivity index (χ1n) is 35.9. The molecule has 6 nitrogen and oxygen atoms in total. The lowest BCUT2D eigenvalue weighted by molar-refractivity contribution is -0.167. The Labute approximate surface area is 510 Å². The van der Waals surface area contributed by atoms with E-state index in [2.05, 4.69) is 93.7 Å². The molecule has 0 bridgehead atoms. The first kappa shape index (κ1) is 78.8. The van der Waals surface area contributed by atoms with Crippen LogP contribution in [0, 0.1) is 0 Å². The Bertz CT molecular complexity index is 1500. The van der Waals surface area contributed by atoms with Crippen LogP contribution in [0.4, 0.5) is 0 Å². The molecular formula is C76H136O6. The average molecular weight is 1150 g/mol. The maximum absolute atomic E-state index is 12.9. The van der Waals surface area contributed by atoms with E-state index in [-0.39, 0.29) is 31.1 Å². The van der Waals surface area contributed by atoms with Crippen LogP contribution >= 0.6 is 0 Å². The second kappa shape index (κ2) is 70.3. The molecule has 0 radical (unpaired) electrons. The fourth-order valence-electron chi connectivity index (χ4n) is 10.6. The van der Waals surface area contributed by atoms with Crippen molar-refractivity contribution < 1.29 is 28.6 Å². The fraction of sp³-hybridized carbons (Fsp3) is 0.803. The average Bonchev–Trinajstić information content (AvgIpc) is 3.48. The number of ether oxygens (including phenoxy) is 3. The minimum atomic E-state index is -0.797. The molecule has 6 heteroatoms. The van der Waals surface area contributed by atoms with Crippen LogP contribution in [0.2, 0.25) is 0 Å². The fourth-order valence-corrected chi connectivity index (χ4v) is 10.6. The van der Waals surface area contributed by atoms with Gasteiger partial charge in [0.1, 0.15) is 13.2 Å². The van der Waals surface area contributed by atoms with Crippen molar-refractivity contribution in [2.24, 2.45) is 0 Å². The topological polar surface area (TPSA) is 78.9 Å². The van der Waals surface area contributed by atoms with E-state index in [0.717, 1.165) is 96.3 Å². The Morgan fingerprint density at radius 1 is 0.256 bits per heavy atom. The summed E-state index contributed by atoms with van der Waals surface area (Å²) in [4.78, 5) is 38.4. The second-order valence-electron chi connectivity index (χ2n) is 24.1. The van der Waals surface area contributed by atoms with Gasteiger partial charge in [0.2, 0.25) is 0 Å². The smallest absolute Gasteiger partial charge is 0.306 e. The Balaban J connectivity index is 4.19. The van der Waals surface area contributed by atoms with Gasteiger partial charge in [-0.3, -0.25) is 14.4 Å². The Morgan fingerprint density at radius 3 is 0.793 bits per heavy atom. The lowest BCUT2D eigenvalue weighted by Crippen LogP contribution is -2.30. The molecule has 0 aliphatic rings. The largest absolute Gasteiger partial charge is 0.462 e. The minimum Gasteiger partial charge on any atom is -0.462 e. The molecule has 0 rings (SSSR count). The van der Waals surface area contributed by atoms with Crippen molar-refractivity contribution in [2.45, 2.75) is 380 Å². The van der Waals surface area contributed by atoms with Gasteiger partial charge < -0.3 is 14.2 Å². The number of carbonyl (C=O) groups excluding carboxylic acids is 3. The van der Waals surface area contributed by atoms with Gasteiger partial charge in [-0.05, 0) is 89.9 Å². The summed E-state index contributed by atoms with van der Waals surface area (Å²) < 4.78 is 16.9. The Kier molecular flexibility index (Phi) is 67.6. The highest BCUT2D eigenvalue weighted by Gasteiger charge is 2.19. The Morgan fingerprint density at radius 2 is 0.476 bits per heavy atom. The van der Waals surface area contributed by atoms with Crippen molar-refractivity contribution in [2.75, 3.05) is 13.2 Å². The van der Waals surface area contributed by atoms with E-state index >= 15 is 0 Å². The normalized spacial score (nSPS) is 12.5. The molecule has 0 saturated carbocycles. The molecule has 0 amide bonds. The summed E-state index contributed by atoms with van der Waals surface area (Å²) in [5.41, 5.74) is 0. The molecule has 1 atom stereocenters. The minimum absolute atomic E-state index is 0.0890. The number of hydrogen-bond acceptors (Lipinski definition) is 6. The molecule has 0 N–H and O–H groups in total. The zero-order valence-electron chi connectivity index (χ0n) is 54.8. The number of unbranched alkanes of at least 4 members (excludes halogenated alkanes) is 43. The van der Waals surface area contributed by atoms with Crippen LogP contribution in [0.15, 0.2) is 72.9 Å². The summed E-state index contributed by atoms with van der Waals surface area (Å²) in [5, 5.41) is 0. The van der Waals surface area contributed by atoms with Gasteiger partial charge in [0.25, 0.3) is 0 Å². The van der Waals surface area contributed by atoms with E-state index < -0.39 is 6.10 Å². The molecule has 0 aliphatic carbocycles. The molecule has 0 aliphatic heterocycles. The molecule has 1 unspecified atom stereocenters. The molecule has 0 saturated heterocycles. The van der Waals surface area contributed by atoms with Crippen molar-refractivity contribution in [3.63, 3.8) is 0 Å². The summed E-state index contributed by atoms with van der Waals surface area (Å²) in [6.07, 6.45) is 92.4. The van der Waals surface area contributed by atoms with E-state index in [1.165, 1.54) is 238 Å². The molecule has 0 aromatic carbocycles. The molecule has 82 heavy (non-hydrogen) atoms. The van der Waals surface area contributed by atoms with Gasteiger partial charge in [-0.15, -0.1) is 0 Å². The zero-order valence-corrected chi connectivity index (χ0v) is 54.8. The highest BCUT2D eigenvalue weighted by Crippen LogP contribution is 2.18. The third-order valence-corrected chi connectivity index (χ3v) is 15.9. The van der Waals surface area contributed by atoms with E-state index in [0.29, 0.717) is 19.3 Å². The monoisotopic (exact) mass is 1150 g/mol. The van der Waals surface area contributed by atoms with Gasteiger partial charge in [0.05, 0.1) is 0 Å². The highest BCUT2D eigenvalue weighted by molar-refractivity contribution is 5.71. The van der Waals surface area contributed by atoms with Crippen molar-refractivity contribution >= 4 is 17.9 Å². The SMILES string of the molecule is CC/C=C\C/C=C\C/C=C\C/C=C\CCCCC(=O)OCC(COC(=O)CCCCCCCCCCCCCCCCCCCCCCCCCCCCCCCCCC)OC(=O)CCCCCCCCC/C=C\C/C=C\CCCCC. The molecule has 0 heterocycles. The number of hydrogen-bond donors (Lipinski definition) is 0. The molecule has 0 fully saturated rings. The number of rotatable bonds is 66. The molecule has 0 aromatic rings. The van der Waals surface area contributed by atoms with Crippen LogP contribution in [0.5, 0.6) is 0 Å².